The van der Waals surface area contributed by atoms with Crippen molar-refractivity contribution in [1.29, 1.82) is 0 Å². The van der Waals surface area contributed by atoms with Crippen molar-refractivity contribution in [3.8, 4) is 0 Å². The van der Waals surface area contributed by atoms with Crippen molar-refractivity contribution in [2.24, 2.45) is 0 Å². The smallest absolute Gasteiger partial charge is 0.258 e. The van der Waals surface area contributed by atoms with Crippen LogP contribution in [0.4, 0.5) is 14.5 Å². The van der Waals surface area contributed by atoms with Crippen LogP contribution in [0.3, 0.4) is 0 Å². The van der Waals surface area contributed by atoms with E-state index in [0.717, 1.165) is 6.07 Å². The summed E-state index contributed by atoms with van der Waals surface area (Å²) < 4.78 is 25.4. The maximum absolute atomic E-state index is 12.8. The molecule has 13 heavy (non-hydrogen) atoms. The van der Waals surface area contributed by atoms with E-state index in [2.05, 4.69) is 15.9 Å². The minimum Gasteiger partial charge on any atom is -0.258 e. The summed E-state index contributed by atoms with van der Waals surface area (Å²) >= 11 is 2.91. The van der Waals surface area contributed by atoms with E-state index < -0.39 is 22.2 Å². The Morgan fingerprint density at radius 2 is 2.08 bits per heavy atom. The predicted octanol–water partition coefficient (Wildman–Crippen LogP) is 2.77. The maximum atomic E-state index is 12.8. The van der Waals surface area contributed by atoms with E-state index >= 15 is 0 Å². The molecule has 0 fully saturated rings. The SMILES string of the molecule is O=[N+]([O-])c1c(F)cc(F)cc1CBr. The van der Waals surface area contributed by atoms with Gasteiger partial charge in [0.2, 0.25) is 5.82 Å². The number of alkyl halides is 1. The van der Waals surface area contributed by atoms with Crippen molar-refractivity contribution >= 4 is 21.6 Å². The van der Waals surface area contributed by atoms with Gasteiger partial charge in [-0.25, -0.2) is 4.39 Å². The van der Waals surface area contributed by atoms with E-state index in [1.165, 1.54) is 0 Å². The van der Waals surface area contributed by atoms with Crippen LogP contribution in [-0.4, -0.2) is 4.92 Å². The van der Waals surface area contributed by atoms with E-state index in [1.54, 1.807) is 0 Å². The van der Waals surface area contributed by atoms with Crippen LogP contribution < -0.4 is 0 Å². The fraction of sp³-hybridized carbons (Fsp3) is 0.143. The van der Waals surface area contributed by atoms with Gasteiger partial charge < -0.3 is 0 Å². The Morgan fingerprint density at radius 1 is 1.46 bits per heavy atom. The second kappa shape index (κ2) is 3.78. The van der Waals surface area contributed by atoms with Gasteiger partial charge in [0.25, 0.3) is 0 Å². The second-order valence-electron chi connectivity index (χ2n) is 2.29. The van der Waals surface area contributed by atoms with Gasteiger partial charge in [0.1, 0.15) is 5.82 Å². The van der Waals surface area contributed by atoms with E-state index in [4.69, 9.17) is 0 Å². The fourth-order valence-electron chi connectivity index (χ4n) is 0.926. The minimum atomic E-state index is -1.15. The third-order valence-electron chi connectivity index (χ3n) is 1.43. The number of benzene rings is 1. The third-order valence-corrected chi connectivity index (χ3v) is 2.04. The van der Waals surface area contributed by atoms with E-state index in [9.17, 15) is 18.9 Å². The summed E-state index contributed by atoms with van der Waals surface area (Å²) in [5, 5.41) is 10.4. The number of halogens is 3. The van der Waals surface area contributed by atoms with Gasteiger partial charge in [-0.2, -0.15) is 4.39 Å². The van der Waals surface area contributed by atoms with Crippen molar-refractivity contribution in [2.75, 3.05) is 0 Å². The van der Waals surface area contributed by atoms with Gasteiger partial charge in [-0.05, 0) is 6.07 Å². The number of hydrogen-bond acceptors (Lipinski definition) is 2. The largest absolute Gasteiger partial charge is 0.308 e. The summed E-state index contributed by atoms with van der Waals surface area (Å²) in [5.74, 6) is -1.98. The predicted molar refractivity (Wildman–Crippen MR) is 45.6 cm³/mol. The molecule has 0 spiro atoms. The summed E-state index contributed by atoms with van der Waals surface area (Å²) in [6.45, 7) is 0. The van der Waals surface area contributed by atoms with Crippen molar-refractivity contribution < 1.29 is 13.7 Å². The van der Waals surface area contributed by atoms with Gasteiger partial charge in [-0.15, -0.1) is 0 Å². The molecular weight excluding hydrogens is 248 g/mol. The molecule has 0 bridgehead atoms. The monoisotopic (exact) mass is 251 g/mol. The lowest BCUT2D eigenvalue weighted by atomic mass is 10.2. The topological polar surface area (TPSA) is 43.1 Å². The molecule has 1 aromatic carbocycles. The van der Waals surface area contributed by atoms with Gasteiger partial charge >= 0.3 is 5.69 Å². The van der Waals surface area contributed by atoms with Gasteiger partial charge in [0.05, 0.1) is 4.92 Å². The molecule has 6 heteroatoms. The van der Waals surface area contributed by atoms with E-state index in [-0.39, 0.29) is 10.9 Å². The van der Waals surface area contributed by atoms with Crippen molar-refractivity contribution in [3.63, 3.8) is 0 Å². The quantitative estimate of drug-likeness (QED) is 0.461. The Balaban J connectivity index is 3.38. The van der Waals surface area contributed by atoms with E-state index in [1.807, 2.05) is 0 Å². The molecule has 0 radical (unpaired) electrons. The van der Waals surface area contributed by atoms with Crippen LogP contribution in [0.25, 0.3) is 0 Å². The highest BCUT2D eigenvalue weighted by atomic mass is 79.9. The number of nitro groups is 1. The van der Waals surface area contributed by atoms with Crippen molar-refractivity contribution in [1.82, 2.24) is 0 Å². The molecule has 70 valence electrons. The summed E-state index contributed by atoms with van der Waals surface area (Å²) in [6.07, 6.45) is 0. The number of hydrogen-bond donors (Lipinski definition) is 0. The molecule has 0 heterocycles. The summed E-state index contributed by atoms with van der Waals surface area (Å²) in [5.41, 5.74) is -0.694. The second-order valence-corrected chi connectivity index (χ2v) is 2.85. The molecule has 1 aromatic rings. The highest BCUT2D eigenvalue weighted by Crippen LogP contribution is 2.25. The highest BCUT2D eigenvalue weighted by molar-refractivity contribution is 9.08. The zero-order valence-corrected chi connectivity index (χ0v) is 7.85. The average molecular weight is 252 g/mol. The third kappa shape index (κ3) is 2.00. The van der Waals surface area contributed by atoms with Crippen LogP contribution in [0.5, 0.6) is 0 Å². The molecule has 1 rings (SSSR count). The molecule has 0 saturated heterocycles. The van der Waals surface area contributed by atoms with E-state index in [0.29, 0.717) is 6.07 Å². The molecule has 0 aliphatic rings. The van der Waals surface area contributed by atoms with Gasteiger partial charge in [0, 0.05) is 17.0 Å². The maximum Gasteiger partial charge on any atom is 0.308 e. The van der Waals surface area contributed by atoms with Crippen molar-refractivity contribution in [2.45, 2.75) is 5.33 Å². The summed E-state index contributed by atoms with van der Waals surface area (Å²) in [7, 11) is 0. The molecule has 0 amide bonds. The standard InChI is InChI=1S/C7H4BrF2NO2/c8-3-4-1-5(9)2-6(10)7(4)11(12)13/h1-2H,3H2. The van der Waals surface area contributed by atoms with Crippen molar-refractivity contribution in [3.05, 3.63) is 39.4 Å². The first kappa shape index (κ1) is 10.0. The lowest BCUT2D eigenvalue weighted by Gasteiger charge is -1.99. The molecule has 0 N–H and O–H groups in total. The molecule has 0 aromatic heterocycles. The first-order chi connectivity index (χ1) is 6.06. The van der Waals surface area contributed by atoms with Gasteiger partial charge in [0.15, 0.2) is 0 Å². The zero-order valence-electron chi connectivity index (χ0n) is 6.26. The average Bonchev–Trinajstić information content (AvgIpc) is 2.01. The van der Waals surface area contributed by atoms with Crippen LogP contribution in [0, 0.1) is 21.7 Å². The molecule has 0 unspecified atom stereocenters. The molecular formula is C7H4BrF2NO2. The Bertz CT molecular complexity index is 357. The minimum absolute atomic E-state index is 0.0116. The molecule has 0 saturated carbocycles. The summed E-state index contributed by atoms with van der Waals surface area (Å²) in [4.78, 5) is 9.47. The summed E-state index contributed by atoms with van der Waals surface area (Å²) in [6, 6.07) is 1.42. The molecule has 0 atom stereocenters. The first-order valence-electron chi connectivity index (χ1n) is 3.24. The Kier molecular flexibility index (Phi) is 2.92. The lowest BCUT2D eigenvalue weighted by molar-refractivity contribution is -0.388. The molecule has 3 nitrogen and oxygen atoms in total. The van der Waals surface area contributed by atoms with Crippen LogP contribution in [0.15, 0.2) is 12.1 Å². The lowest BCUT2D eigenvalue weighted by Crippen LogP contribution is -1.98. The highest BCUT2D eigenvalue weighted by Gasteiger charge is 2.20. The normalized spacial score (nSPS) is 10.1. The fourth-order valence-corrected chi connectivity index (χ4v) is 1.35. The van der Waals surface area contributed by atoms with Crippen LogP contribution >= 0.6 is 15.9 Å². The van der Waals surface area contributed by atoms with Crippen LogP contribution in [0.1, 0.15) is 5.56 Å². The molecule has 0 aliphatic heterocycles. The van der Waals surface area contributed by atoms with Crippen LogP contribution in [-0.2, 0) is 5.33 Å². The Labute approximate surface area is 80.6 Å². The van der Waals surface area contributed by atoms with Gasteiger partial charge in [-0.1, -0.05) is 15.9 Å². The van der Waals surface area contributed by atoms with Crippen LogP contribution in [0.2, 0.25) is 0 Å². The Morgan fingerprint density at radius 3 is 2.54 bits per heavy atom. The van der Waals surface area contributed by atoms with Gasteiger partial charge in [-0.3, -0.25) is 10.1 Å². The zero-order chi connectivity index (χ0) is 10.0. The Hall–Kier alpha value is -1.04. The number of rotatable bonds is 2. The molecule has 0 aliphatic carbocycles. The first-order valence-corrected chi connectivity index (χ1v) is 4.36. The number of nitrogens with zero attached hydrogens (tertiary/aromatic N) is 1. The number of nitro benzene ring substituents is 1.